The Morgan fingerprint density at radius 3 is 1.36 bits per heavy atom. The van der Waals surface area contributed by atoms with Gasteiger partial charge in [0.1, 0.15) is 11.5 Å². The fourth-order valence-electron chi connectivity index (χ4n) is 5.66. The van der Waals surface area contributed by atoms with Crippen LogP contribution in [0, 0.1) is 14.4 Å². The molecule has 10 nitrogen and oxygen atoms in total. The fraction of sp³-hybridized carbons (Fsp3) is 0.263. The van der Waals surface area contributed by atoms with Gasteiger partial charge < -0.3 is 45.2 Å². The number of hydrogen-bond acceptors (Lipinski definition) is 10. The van der Waals surface area contributed by atoms with E-state index in [1.54, 1.807) is 12.1 Å². The average molecular weight is 991 g/mol. The first-order valence-corrected chi connectivity index (χ1v) is 20.1. The number of para-hydroxylation sites is 2. The molecule has 2 unspecified atom stereocenters. The van der Waals surface area contributed by atoms with Crippen LogP contribution < -0.4 is 28.7 Å². The van der Waals surface area contributed by atoms with Crippen LogP contribution in [-0.4, -0.2) is 52.8 Å². The second-order valence-corrected chi connectivity index (χ2v) is 14.4. The van der Waals surface area contributed by atoms with Crippen LogP contribution in [0.4, 0.5) is 22.7 Å². The Hall–Kier alpha value is -1.49. The number of benzene rings is 4. The minimum absolute atomic E-state index is 0. The zero-order valence-electron chi connectivity index (χ0n) is 31.0. The van der Waals surface area contributed by atoms with Crippen LogP contribution in [0.5, 0.6) is 23.0 Å². The molecule has 2 heterocycles. The summed E-state index contributed by atoms with van der Waals surface area (Å²) in [6.45, 7) is 11.3. The molecule has 2 aliphatic heterocycles. The van der Waals surface area contributed by atoms with Crippen molar-refractivity contribution in [2.24, 2.45) is 0 Å². The Morgan fingerprint density at radius 2 is 1.04 bits per heavy atom. The van der Waals surface area contributed by atoms with Gasteiger partial charge in [-0.15, -0.1) is 41.8 Å². The Bertz CT molecular complexity index is 1730. The maximum atomic E-state index is 11.3. The second-order valence-electron chi connectivity index (χ2n) is 11.4. The summed E-state index contributed by atoms with van der Waals surface area (Å²) in [4.78, 5) is 4.80. The second kappa shape index (κ2) is 26.5. The van der Waals surface area contributed by atoms with Crippen molar-refractivity contribution >= 4 is 91.4 Å². The van der Waals surface area contributed by atoms with Gasteiger partial charge in [-0.25, -0.2) is 6.92 Å². The molecule has 6 rings (SSSR count). The molecule has 0 aromatic heterocycles. The number of thiol groups is 1. The summed E-state index contributed by atoms with van der Waals surface area (Å²) < 4.78 is 62.4. The molecule has 2 radical (unpaired) electrons. The van der Waals surface area contributed by atoms with Gasteiger partial charge >= 0.3 is 0 Å². The molecule has 0 saturated carbocycles. The minimum atomic E-state index is -2.48. The summed E-state index contributed by atoms with van der Waals surface area (Å²) in [5, 5.41) is 0. The van der Waals surface area contributed by atoms with Crippen LogP contribution in [0.3, 0.4) is 0 Å². The predicted octanol–water partition coefficient (Wildman–Crippen LogP) is 9.20. The van der Waals surface area contributed by atoms with E-state index in [2.05, 4.69) is 38.8 Å². The number of ether oxygens (including phenoxy) is 2. The summed E-state index contributed by atoms with van der Waals surface area (Å²) in [6.07, 6.45) is 4.33. The van der Waals surface area contributed by atoms with Crippen molar-refractivity contribution in [3.05, 3.63) is 110 Å². The van der Waals surface area contributed by atoms with Crippen LogP contribution in [0.2, 0.25) is 0 Å². The molecule has 0 aliphatic carbocycles. The van der Waals surface area contributed by atoms with Crippen LogP contribution >= 0.6 is 37.1 Å². The SMILES string of the molecule is CC.O=S([O-])Nc1cc(C(=S)S)cc(N2CCCC2)c1Oc1ccccc1.[CH2-]C(=S)c1cc(NS(=O)[O-])c(Oc2ccccc2)c(N2CCCC2)c1.[CH3-].[Y].[Y]. The number of rotatable bonds is 12. The molecule has 4 aromatic carbocycles. The smallest absolute Gasteiger partial charge is 0.174 e. The number of nitrogens with one attached hydrogen (secondary N) is 2. The molecule has 2 aliphatic rings. The average Bonchev–Trinajstić information content (AvgIpc) is 3.87. The Labute approximate surface area is 397 Å². The van der Waals surface area contributed by atoms with E-state index in [0.717, 1.165) is 63.2 Å². The summed E-state index contributed by atoms with van der Waals surface area (Å²) >= 11 is 9.63. The van der Waals surface area contributed by atoms with Crippen LogP contribution in [-0.2, 0) is 88.0 Å². The predicted molar refractivity (Wildman–Crippen MR) is 229 cm³/mol. The van der Waals surface area contributed by atoms with E-state index in [1.807, 2.05) is 86.6 Å². The third-order valence-electron chi connectivity index (χ3n) is 7.91. The third kappa shape index (κ3) is 15.7. The van der Waals surface area contributed by atoms with Crippen LogP contribution in [0.1, 0.15) is 50.7 Å². The van der Waals surface area contributed by atoms with Gasteiger partial charge in [-0.1, -0.05) is 62.5 Å². The minimum Gasteiger partial charge on any atom is -0.755 e. The number of thiocarbonyl (C=S) groups is 2. The first-order valence-electron chi connectivity index (χ1n) is 16.7. The summed E-state index contributed by atoms with van der Waals surface area (Å²) in [5.74, 6) is 2.19. The van der Waals surface area contributed by atoms with Gasteiger partial charge in [0.05, 0.1) is 26.9 Å². The van der Waals surface area contributed by atoms with Gasteiger partial charge in [0.25, 0.3) is 0 Å². The van der Waals surface area contributed by atoms with E-state index in [1.165, 1.54) is 0 Å². The summed E-state index contributed by atoms with van der Waals surface area (Å²) in [5.41, 5.74) is 3.69. The molecule has 4 aromatic rings. The van der Waals surface area contributed by atoms with Crippen molar-refractivity contribution in [2.45, 2.75) is 39.5 Å². The monoisotopic (exact) mass is 990 g/mol. The van der Waals surface area contributed by atoms with Gasteiger partial charge in [0.2, 0.25) is 0 Å². The quantitative estimate of drug-likeness (QED) is 0.0416. The van der Waals surface area contributed by atoms with E-state index in [4.69, 9.17) is 33.9 Å². The van der Waals surface area contributed by atoms with Crippen LogP contribution in [0.25, 0.3) is 0 Å². The fourth-order valence-corrected chi connectivity index (χ4v) is 6.68. The molecule has 17 heteroatoms. The van der Waals surface area contributed by atoms with Gasteiger partial charge in [-0.3, -0.25) is 8.42 Å². The molecule has 0 bridgehead atoms. The summed E-state index contributed by atoms with van der Waals surface area (Å²) in [7, 11) is 0. The standard InChI is InChI=1S/C18H19N2O3S2.C17H18N2O3S3.C2H6.CH3.2Y/c1-13(24)14-11-16(19-25(21)22)18(23-15-7-3-2-4-8-15)17(12-14)20-9-5-6-10-20;20-25(21)18-14-10-12(17(23)24)11-15(19-8-4-5-9-19)16(14)22-13-6-2-1-3-7-13;1-2;;;/h2-4,7-8,11-12,19H,1,5-6,9-10H2,(H,21,22);1-3,6-7,10-11,18H,4-5,8-9H2,(H,20,21)(H,23,24);1-2H3;1H3;;/q-1;;;-1;;/p-2. The van der Waals surface area contributed by atoms with E-state index in [-0.39, 0.29) is 72.8 Å². The number of nitrogens with zero attached hydrogens (tertiary/aromatic N) is 2. The van der Waals surface area contributed by atoms with E-state index in [9.17, 15) is 17.5 Å². The van der Waals surface area contributed by atoms with Gasteiger partial charge in [-0.2, -0.15) is 5.56 Å². The van der Waals surface area contributed by atoms with E-state index < -0.39 is 22.5 Å². The van der Waals surface area contributed by atoms with Crippen molar-refractivity contribution in [3.8, 4) is 23.0 Å². The van der Waals surface area contributed by atoms with Gasteiger partial charge in [0, 0.05) is 120 Å². The molecule has 2 fully saturated rings. The third-order valence-corrected chi connectivity index (χ3v) is 9.42. The maximum absolute atomic E-state index is 11.3. The molecule has 55 heavy (non-hydrogen) atoms. The number of hydrogen-bond donors (Lipinski definition) is 3. The maximum Gasteiger partial charge on any atom is 0.174 e. The molecule has 0 spiro atoms. The molecule has 0 amide bonds. The normalized spacial score (nSPS) is 13.8. The summed E-state index contributed by atoms with van der Waals surface area (Å²) in [6, 6.07) is 25.6. The van der Waals surface area contributed by atoms with Crippen molar-refractivity contribution in [1.29, 1.82) is 0 Å². The van der Waals surface area contributed by atoms with Gasteiger partial charge in [-0.05, 0) is 62.1 Å². The molecular weight excluding hydrogens is 947 g/mol. The molecule has 2 atom stereocenters. The Balaban J connectivity index is 0.000000500. The molecule has 2 N–H and O–H groups in total. The zero-order valence-corrected chi connectivity index (χ0v) is 40.9. The molecule has 2 saturated heterocycles. The Morgan fingerprint density at radius 1 is 0.691 bits per heavy atom. The zero-order chi connectivity index (χ0) is 37.6. The first kappa shape index (κ1) is 51.5. The largest absolute Gasteiger partial charge is 0.755 e. The van der Waals surface area contributed by atoms with Crippen molar-refractivity contribution < 1.29 is 92.4 Å². The number of anilines is 4. The van der Waals surface area contributed by atoms with E-state index >= 15 is 0 Å². The first-order chi connectivity index (χ1) is 25.1. The topological polar surface area (TPSA) is 129 Å². The van der Waals surface area contributed by atoms with Crippen molar-refractivity contribution in [3.63, 3.8) is 0 Å². The molecular formula is C38H44N4O6S5Y2-4. The van der Waals surface area contributed by atoms with E-state index in [0.29, 0.717) is 54.6 Å². The van der Waals surface area contributed by atoms with Crippen molar-refractivity contribution in [2.75, 3.05) is 45.4 Å². The van der Waals surface area contributed by atoms with Gasteiger partial charge in [0.15, 0.2) is 11.5 Å². The van der Waals surface area contributed by atoms with Crippen molar-refractivity contribution in [1.82, 2.24) is 0 Å². The van der Waals surface area contributed by atoms with Crippen LogP contribution in [0.15, 0.2) is 84.9 Å². The Kier molecular flexibility index (Phi) is 24.8. The molecule has 292 valence electrons.